The van der Waals surface area contributed by atoms with Crippen LogP contribution in [-0.4, -0.2) is 4.98 Å². The molecule has 2 aromatic rings. The Morgan fingerprint density at radius 3 is 2.61 bits per heavy atom. The van der Waals surface area contributed by atoms with E-state index in [9.17, 15) is 5.26 Å². The highest BCUT2D eigenvalue weighted by molar-refractivity contribution is 5.67. The molecule has 0 aliphatic heterocycles. The molecule has 0 aliphatic rings. The molecule has 18 heavy (non-hydrogen) atoms. The Morgan fingerprint density at radius 2 is 1.89 bits per heavy atom. The van der Waals surface area contributed by atoms with Gasteiger partial charge in [0.15, 0.2) is 0 Å². The molecular weight excluding hydrogens is 222 g/mol. The van der Waals surface area contributed by atoms with Crippen LogP contribution in [0.25, 0.3) is 0 Å². The van der Waals surface area contributed by atoms with E-state index in [1.165, 1.54) is 11.1 Å². The lowest BCUT2D eigenvalue weighted by atomic mass is 10.1. The van der Waals surface area contributed by atoms with E-state index in [-0.39, 0.29) is 0 Å². The van der Waals surface area contributed by atoms with Crippen molar-refractivity contribution in [2.45, 2.75) is 20.8 Å². The Balaban J connectivity index is 2.44. The van der Waals surface area contributed by atoms with Crippen molar-refractivity contribution in [2.75, 3.05) is 5.32 Å². The monoisotopic (exact) mass is 237 g/mol. The molecule has 0 fully saturated rings. The van der Waals surface area contributed by atoms with Crippen molar-refractivity contribution in [1.82, 2.24) is 4.98 Å². The number of hydrogen-bond acceptors (Lipinski definition) is 3. The number of rotatable bonds is 2. The van der Waals surface area contributed by atoms with Gasteiger partial charge in [0.05, 0.1) is 5.56 Å². The molecule has 0 amide bonds. The van der Waals surface area contributed by atoms with Gasteiger partial charge in [-0.15, -0.1) is 0 Å². The lowest BCUT2D eigenvalue weighted by molar-refractivity contribution is 1.23. The number of aromatic nitrogens is 1. The number of benzene rings is 1. The van der Waals surface area contributed by atoms with Crippen LogP contribution in [0.2, 0.25) is 0 Å². The minimum atomic E-state index is 0.596. The first-order valence-electron chi connectivity index (χ1n) is 5.82. The fourth-order valence-corrected chi connectivity index (χ4v) is 1.81. The normalized spacial score (nSPS) is 9.89. The van der Waals surface area contributed by atoms with Gasteiger partial charge in [-0.2, -0.15) is 5.26 Å². The molecule has 0 aliphatic carbocycles. The van der Waals surface area contributed by atoms with Crippen LogP contribution in [0.3, 0.4) is 0 Å². The molecule has 1 N–H and O–H groups in total. The maximum Gasteiger partial charge on any atom is 0.148 e. The molecule has 1 aromatic carbocycles. The third-order valence-corrected chi connectivity index (χ3v) is 3.13. The first-order chi connectivity index (χ1) is 8.63. The summed E-state index contributed by atoms with van der Waals surface area (Å²) in [5.41, 5.74) is 4.90. The maximum atomic E-state index is 9.17. The highest BCUT2D eigenvalue weighted by Crippen LogP contribution is 2.24. The van der Waals surface area contributed by atoms with Gasteiger partial charge in [-0.3, -0.25) is 0 Å². The standard InChI is InChI=1S/C15H15N3/c1-10-5-4-6-14(12(10)3)18-15-13(9-16)11(2)7-8-17-15/h4-8H,1-3H3,(H,17,18). The Morgan fingerprint density at radius 1 is 1.11 bits per heavy atom. The van der Waals surface area contributed by atoms with E-state index < -0.39 is 0 Å². The van der Waals surface area contributed by atoms with Crippen LogP contribution in [0, 0.1) is 32.1 Å². The van der Waals surface area contributed by atoms with Gasteiger partial charge in [-0.25, -0.2) is 4.98 Å². The summed E-state index contributed by atoms with van der Waals surface area (Å²) >= 11 is 0. The van der Waals surface area contributed by atoms with Crippen LogP contribution < -0.4 is 5.32 Å². The number of nitriles is 1. The first kappa shape index (κ1) is 12.1. The van der Waals surface area contributed by atoms with E-state index in [2.05, 4.69) is 36.3 Å². The van der Waals surface area contributed by atoms with Crippen molar-refractivity contribution in [2.24, 2.45) is 0 Å². The predicted octanol–water partition coefficient (Wildman–Crippen LogP) is 3.62. The number of nitrogens with one attached hydrogen (secondary N) is 1. The van der Waals surface area contributed by atoms with Crippen LogP contribution in [-0.2, 0) is 0 Å². The second-order valence-electron chi connectivity index (χ2n) is 4.34. The maximum absolute atomic E-state index is 9.17. The van der Waals surface area contributed by atoms with E-state index >= 15 is 0 Å². The van der Waals surface area contributed by atoms with Gasteiger partial charge in [0.1, 0.15) is 11.9 Å². The third kappa shape index (κ3) is 2.18. The summed E-state index contributed by atoms with van der Waals surface area (Å²) in [4.78, 5) is 4.24. The SMILES string of the molecule is Cc1cccc(Nc2nccc(C)c2C#N)c1C. The van der Waals surface area contributed by atoms with E-state index in [0.717, 1.165) is 11.3 Å². The summed E-state index contributed by atoms with van der Waals surface area (Å²) < 4.78 is 0. The predicted molar refractivity (Wildman–Crippen MR) is 72.9 cm³/mol. The van der Waals surface area contributed by atoms with Crippen LogP contribution in [0.1, 0.15) is 22.3 Å². The van der Waals surface area contributed by atoms with Gasteiger partial charge in [-0.1, -0.05) is 12.1 Å². The number of pyridine rings is 1. The molecule has 0 bridgehead atoms. The Kier molecular flexibility index (Phi) is 3.29. The fourth-order valence-electron chi connectivity index (χ4n) is 1.81. The zero-order valence-corrected chi connectivity index (χ0v) is 10.8. The van der Waals surface area contributed by atoms with Crippen LogP contribution in [0.4, 0.5) is 11.5 Å². The molecule has 0 atom stereocenters. The van der Waals surface area contributed by atoms with E-state index in [4.69, 9.17) is 0 Å². The number of anilines is 2. The summed E-state index contributed by atoms with van der Waals surface area (Å²) in [6, 6.07) is 10.1. The lowest BCUT2D eigenvalue weighted by Gasteiger charge is -2.12. The molecule has 0 saturated heterocycles. The molecule has 0 radical (unpaired) electrons. The quantitative estimate of drug-likeness (QED) is 0.867. The molecule has 0 saturated carbocycles. The van der Waals surface area contributed by atoms with Crippen molar-refractivity contribution in [3.05, 3.63) is 52.7 Å². The zero-order valence-electron chi connectivity index (χ0n) is 10.8. The van der Waals surface area contributed by atoms with Crippen molar-refractivity contribution in [3.8, 4) is 6.07 Å². The van der Waals surface area contributed by atoms with Gasteiger partial charge in [0.25, 0.3) is 0 Å². The molecule has 90 valence electrons. The van der Waals surface area contributed by atoms with E-state index in [1.807, 2.05) is 25.1 Å². The zero-order chi connectivity index (χ0) is 13.1. The average molecular weight is 237 g/mol. The highest BCUT2D eigenvalue weighted by Gasteiger charge is 2.08. The molecule has 3 nitrogen and oxygen atoms in total. The number of aryl methyl sites for hydroxylation is 2. The van der Waals surface area contributed by atoms with Crippen LogP contribution >= 0.6 is 0 Å². The topological polar surface area (TPSA) is 48.7 Å². The minimum Gasteiger partial charge on any atom is -0.339 e. The fraction of sp³-hybridized carbons (Fsp3) is 0.200. The molecule has 1 heterocycles. The lowest BCUT2D eigenvalue weighted by Crippen LogP contribution is -2.00. The Hall–Kier alpha value is -2.34. The summed E-state index contributed by atoms with van der Waals surface area (Å²) in [6.07, 6.45) is 1.71. The molecular formula is C15H15N3. The second kappa shape index (κ2) is 4.89. The van der Waals surface area contributed by atoms with E-state index in [0.29, 0.717) is 11.4 Å². The molecule has 3 heteroatoms. The van der Waals surface area contributed by atoms with Crippen LogP contribution in [0.15, 0.2) is 30.5 Å². The Bertz CT molecular complexity index is 624. The van der Waals surface area contributed by atoms with Gasteiger partial charge in [-0.05, 0) is 49.6 Å². The smallest absolute Gasteiger partial charge is 0.148 e. The largest absolute Gasteiger partial charge is 0.339 e. The molecule has 0 unspecified atom stereocenters. The van der Waals surface area contributed by atoms with Crippen LogP contribution in [0.5, 0.6) is 0 Å². The van der Waals surface area contributed by atoms with Crippen molar-refractivity contribution in [1.29, 1.82) is 5.26 Å². The number of hydrogen-bond donors (Lipinski definition) is 1. The molecule has 0 spiro atoms. The van der Waals surface area contributed by atoms with Gasteiger partial charge in [0.2, 0.25) is 0 Å². The third-order valence-electron chi connectivity index (χ3n) is 3.13. The summed E-state index contributed by atoms with van der Waals surface area (Å²) in [5.74, 6) is 0.617. The minimum absolute atomic E-state index is 0.596. The van der Waals surface area contributed by atoms with E-state index in [1.54, 1.807) is 6.20 Å². The molecule has 2 rings (SSSR count). The second-order valence-corrected chi connectivity index (χ2v) is 4.34. The summed E-state index contributed by atoms with van der Waals surface area (Å²) in [5, 5.41) is 12.4. The van der Waals surface area contributed by atoms with Crippen molar-refractivity contribution >= 4 is 11.5 Å². The van der Waals surface area contributed by atoms with Gasteiger partial charge >= 0.3 is 0 Å². The van der Waals surface area contributed by atoms with Gasteiger partial charge in [0, 0.05) is 11.9 Å². The average Bonchev–Trinajstić information content (AvgIpc) is 2.35. The summed E-state index contributed by atoms with van der Waals surface area (Å²) in [7, 11) is 0. The number of nitrogens with zero attached hydrogens (tertiary/aromatic N) is 2. The van der Waals surface area contributed by atoms with Crippen molar-refractivity contribution in [3.63, 3.8) is 0 Å². The first-order valence-corrected chi connectivity index (χ1v) is 5.82. The highest BCUT2D eigenvalue weighted by atomic mass is 15.0. The van der Waals surface area contributed by atoms with Crippen molar-refractivity contribution < 1.29 is 0 Å². The molecule has 1 aromatic heterocycles. The summed E-state index contributed by atoms with van der Waals surface area (Å²) in [6.45, 7) is 6.03. The Labute approximate surface area is 107 Å². The van der Waals surface area contributed by atoms with Gasteiger partial charge < -0.3 is 5.32 Å².